The van der Waals surface area contributed by atoms with Gasteiger partial charge in [0.1, 0.15) is 5.75 Å². The first-order valence-corrected chi connectivity index (χ1v) is 10.6. The fraction of sp³-hybridized carbons (Fsp3) is 0.150. The lowest BCUT2D eigenvalue weighted by atomic mass is 10.1. The number of ketones is 1. The number of methoxy groups -OCH3 is 1. The van der Waals surface area contributed by atoms with Crippen molar-refractivity contribution in [3.63, 3.8) is 0 Å². The smallest absolute Gasteiger partial charge is 0.257 e. The van der Waals surface area contributed by atoms with Gasteiger partial charge in [-0.05, 0) is 49.4 Å². The maximum atomic E-state index is 12.3. The molecule has 0 saturated carbocycles. The number of ether oxygens (including phenoxy) is 1. The molecule has 0 aliphatic rings. The minimum absolute atomic E-state index is 0.0333. The van der Waals surface area contributed by atoms with Crippen LogP contribution in [0.25, 0.3) is 0 Å². The van der Waals surface area contributed by atoms with Crippen LogP contribution in [0.3, 0.4) is 0 Å². The average molecular weight is 443 g/mol. The van der Waals surface area contributed by atoms with Crippen molar-refractivity contribution in [3.05, 3.63) is 59.7 Å². The first-order chi connectivity index (χ1) is 14.4. The summed E-state index contributed by atoms with van der Waals surface area (Å²) in [5, 5.41) is 13.7. The highest BCUT2D eigenvalue weighted by atomic mass is 32.2. The van der Waals surface area contributed by atoms with Crippen molar-refractivity contribution in [2.75, 3.05) is 23.5 Å². The predicted octanol–water partition coefficient (Wildman–Crippen LogP) is 3.73. The number of hydrogen-bond donors (Lipinski definition) is 2. The predicted molar refractivity (Wildman–Crippen MR) is 117 cm³/mol. The molecule has 3 rings (SSSR count). The zero-order valence-electron chi connectivity index (χ0n) is 16.2. The highest BCUT2D eigenvalue weighted by Gasteiger charge is 2.13. The van der Waals surface area contributed by atoms with Gasteiger partial charge in [0, 0.05) is 16.8 Å². The molecule has 154 valence electrons. The molecular weight excluding hydrogens is 424 g/mol. The molecule has 0 saturated heterocycles. The summed E-state index contributed by atoms with van der Waals surface area (Å²) >= 11 is 2.39. The molecule has 10 heteroatoms. The van der Waals surface area contributed by atoms with Crippen molar-refractivity contribution < 1.29 is 19.1 Å². The van der Waals surface area contributed by atoms with Crippen LogP contribution in [0.15, 0.2) is 52.9 Å². The van der Waals surface area contributed by atoms with Gasteiger partial charge >= 0.3 is 0 Å². The number of carbonyl (C=O) groups is 3. The second kappa shape index (κ2) is 9.99. The van der Waals surface area contributed by atoms with Gasteiger partial charge < -0.3 is 10.1 Å². The van der Waals surface area contributed by atoms with Crippen LogP contribution in [-0.4, -0.2) is 40.7 Å². The summed E-state index contributed by atoms with van der Waals surface area (Å²) in [7, 11) is 1.53. The normalized spacial score (nSPS) is 10.3. The van der Waals surface area contributed by atoms with E-state index in [4.69, 9.17) is 4.74 Å². The zero-order chi connectivity index (χ0) is 21.5. The van der Waals surface area contributed by atoms with E-state index in [1.165, 1.54) is 37.1 Å². The van der Waals surface area contributed by atoms with Crippen LogP contribution >= 0.6 is 23.1 Å². The molecule has 1 heterocycles. The molecule has 2 amide bonds. The van der Waals surface area contributed by atoms with E-state index in [2.05, 4.69) is 20.8 Å². The van der Waals surface area contributed by atoms with Crippen LogP contribution in [0.2, 0.25) is 0 Å². The zero-order valence-corrected chi connectivity index (χ0v) is 17.8. The molecule has 30 heavy (non-hydrogen) atoms. The lowest BCUT2D eigenvalue weighted by Gasteiger charge is -2.04. The fourth-order valence-corrected chi connectivity index (χ4v) is 3.91. The molecule has 0 unspecified atom stereocenters. The molecule has 0 bridgehead atoms. The van der Waals surface area contributed by atoms with Gasteiger partial charge in [-0.3, -0.25) is 19.7 Å². The number of nitrogens with one attached hydrogen (secondary N) is 2. The summed E-state index contributed by atoms with van der Waals surface area (Å²) in [5.41, 5.74) is 1.63. The molecule has 0 fully saturated rings. The number of aromatic nitrogens is 2. The number of rotatable bonds is 8. The van der Waals surface area contributed by atoms with Crippen LogP contribution in [0, 0.1) is 0 Å². The Hall–Kier alpha value is -3.24. The largest absolute Gasteiger partial charge is 0.497 e. The molecular formula is C20H18N4O4S2. The molecule has 0 radical (unpaired) electrons. The Kier molecular flexibility index (Phi) is 7.15. The van der Waals surface area contributed by atoms with Gasteiger partial charge in [-0.2, -0.15) is 0 Å². The van der Waals surface area contributed by atoms with Gasteiger partial charge in [-0.25, -0.2) is 0 Å². The second-order valence-electron chi connectivity index (χ2n) is 6.03. The second-order valence-corrected chi connectivity index (χ2v) is 8.23. The van der Waals surface area contributed by atoms with Gasteiger partial charge in [-0.15, -0.1) is 10.2 Å². The van der Waals surface area contributed by atoms with Crippen molar-refractivity contribution in [3.8, 4) is 5.75 Å². The SMILES string of the molecule is COc1cccc(C(=O)Nc2nnc(SCC(=O)Nc3ccc(C(C)=O)cc3)s2)c1. The molecule has 3 aromatic rings. The Morgan fingerprint density at radius 2 is 1.80 bits per heavy atom. The summed E-state index contributed by atoms with van der Waals surface area (Å²) in [6.45, 7) is 1.49. The van der Waals surface area contributed by atoms with Crippen LogP contribution in [0.5, 0.6) is 5.75 Å². The third-order valence-electron chi connectivity index (χ3n) is 3.86. The molecule has 1 aromatic heterocycles. The van der Waals surface area contributed by atoms with E-state index in [0.717, 1.165) is 0 Å². The van der Waals surface area contributed by atoms with Gasteiger partial charge in [0.15, 0.2) is 10.1 Å². The monoisotopic (exact) mass is 442 g/mol. The number of anilines is 2. The molecule has 2 aromatic carbocycles. The topological polar surface area (TPSA) is 110 Å². The summed E-state index contributed by atoms with van der Waals surface area (Å²) in [6, 6.07) is 13.4. The van der Waals surface area contributed by atoms with E-state index in [9.17, 15) is 14.4 Å². The Bertz CT molecular complexity index is 1070. The van der Waals surface area contributed by atoms with Crippen molar-refractivity contribution in [2.45, 2.75) is 11.3 Å². The highest BCUT2D eigenvalue weighted by Crippen LogP contribution is 2.26. The van der Waals surface area contributed by atoms with Crippen molar-refractivity contribution in [2.24, 2.45) is 0 Å². The van der Waals surface area contributed by atoms with Gasteiger partial charge in [-0.1, -0.05) is 29.2 Å². The highest BCUT2D eigenvalue weighted by molar-refractivity contribution is 8.01. The van der Waals surface area contributed by atoms with Crippen molar-refractivity contribution in [1.82, 2.24) is 10.2 Å². The van der Waals surface area contributed by atoms with Crippen LogP contribution in [0.1, 0.15) is 27.6 Å². The molecule has 2 N–H and O–H groups in total. The van der Waals surface area contributed by atoms with Crippen molar-refractivity contribution in [1.29, 1.82) is 0 Å². The standard InChI is InChI=1S/C20H18N4O4S2/c1-12(25)13-6-8-15(9-7-13)21-17(26)11-29-20-24-23-19(30-20)22-18(27)14-4-3-5-16(10-14)28-2/h3-10H,11H2,1-2H3,(H,21,26)(H,22,23,27). The van der Waals surface area contributed by atoms with Gasteiger partial charge in [0.05, 0.1) is 12.9 Å². The quantitative estimate of drug-likeness (QED) is 0.311. The van der Waals surface area contributed by atoms with E-state index in [0.29, 0.717) is 32.0 Å². The van der Waals surface area contributed by atoms with Gasteiger partial charge in [0.2, 0.25) is 11.0 Å². The number of amides is 2. The minimum atomic E-state index is -0.326. The molecule has 0 aliphatic heterocycles. The molecule has 0 aliphatic carbocycles. The Balaban J connectivity index is 1.50. The Labute approximate surface area is 181 Å². The number of benzene rings is 2. The number of nitrogens with zero attached hydrogens (tertiary/aromatic N) is 2. The van der Waals surface area contributed by atoms with Crippen LogP contribution in [0.4, 0.5) is 10.8 Å². The first kappa shape index (κ1) is 21.5. The number of thioether (sulfide) groups is 1. The lowest BCUT2D eigenvalue weighted by molar-refractivity contribution is -0.113. The summed E-state index contributed by atoms with van der Waals surface area (Å²) in [5.74, 6) is 0.139. The van der Waals surface area contributed by atoms with E-state index < -0.39 is 0 Å². The van der Waals surface area contributed by atoms with Crippen LogP contribution in [-0.2, 0) is 4.79 Å². The summed E-state index contributed by atoms with van der Waals surface area (Å²) in [6.07, 6.45) is 0. The number of hydrogen-bond acceptors (Lipinski definition) is 8. The molecule has 0 spiro atoms. The fourth-order valence-electron chi connectivity index (χ4n) is 2.36. The van der Waals surface area contributed by atoms with Gasteiger partial charge in [0.25, 0.3) is 5.91 Å². The third kappa shape index (κ3) is 5.88. The Morgan fingerprint density at radius 1 is 1.03 bits per heavy atom. The number of Topliss-reactive ketones (excluding diaryl/α,β-unsaturated/α-hetero) is 1. The van der Waals surface area contributed by atoms with Crippen molar-refractivity contribution >= 4 is 51.5 Å². The maximum Gasteiger partial charge on any atom is 0.257 e. The van der Waals surface area contributed by atoms with E-state index >= 15 is 0 Å². The third-order valence-corrected chi connectivity index (χ3v) is 5.83. The summed E-state index contributed by atoms with van der Waals surface area (Å²) < 4.78 is 5.66. The minimum Gasteiger partial charge on any atom is -0.497 e. The van der Waals surface area contributed by atoms with E-state index in [-0.39, 0.29) is 23.4 Å². The maximum absolute atomic E-state index is 12.3. The number of carbonyl (C=O) groups excluding carboxylic acids is 3. The van der Waals surface area contributed by atoms with E-state index in [1.54, 1.807) is 48.5 Å². The van der Waals surface area contributed by atoms with E-state index in [1.807, 2.05) is 0 Å². The first-order valence-electron chi connectivity index (χ1n) is 8.77. The lowest BCUT2D eigenvalue weighted by Crippen LogP contribution is -2.14. The molecule has 0 atom stereocenters. The molecule has 8 nitrogen and oxygen atoms in total. The Morgan fingerprint density at radius 3 is 2.50 bits per heavy atom. The average Bonchev–Trinajstić information content (AvgIpc) is 3.20. The summed E-state index contributed by atoms with van der Waals surface area (Å²) in [4.78, 5) is 35.7. The van der Waals surface area contributed by atoms with Crippen LogP contribution < -0.4 is 15.4 Å².